The van der Waals surface area contributed by atoms with Gasteiger partial charge in [-0.05, 0) is 6.92 Å². The van der Waals surface area contributed by atoms with Crippen molar-refractivity contribution in [3.63, 3.8) is 0 Å². The number of hydrogen-bond acceptors (Lipinski definition) is 4. The van der Waals surface area contributed by atoms with Crippen molar-refractivity contribution >= 4 is 11.9 Å². The Morgan fingerprint density at radius 3 is 2.88 bits per heavy atom. The summed E-state index contributed by atoms with van der Waals surface area (Å²) in [6, 6.07) is 1.76. The van der Waals surface area contributed by atoms with Gasteiger partial charge in [-0.25, -0.2) is 4.79 Å². The second-order valence-corrected chi connectivity index (χ2v) is 3.07. The number of carbonyl (C=O) groups is 2. The molecule has 0 aliphatic carbocycles. The lowest BCUT2D eigenvalue weighted by atomic mass is 10.3. The van der Waals surface area contributed by atoms with E-state index in [9.17, 15) is 9.59 Å². The number of carbonyl (C=O) groups excluding carboxylic acids is 1. The molecule has 84 valence electrons. The van der Waals surface area contributed by atoms with Crippen LogP contribution in [0.25, 0.3) is 0 Å². The number of hydrogen-bond donors (Lipinski definition) is 2. The van der Waals surface area contributed by atoms with E-state index < -0.39 is 5.97 Å². The SMILES string of the molecule is Cc1nn(CC(=O)NCC#N)cc1C(=O)O. The maximum absolute atomic E-state index is 11.2. The van der Waals surface area contributed by atoms with Crippen LogP contribution in [0, 0.1) is 18.3 Å². The number of amides is 1. The summed E-state index contributed by atoms with van der Waals surface area (Å²) >= 11 is 0. The molecule has 1 heterocycles. The Balaban J connectivity index is 2.69. The fourth-order valence-electron chi connectivity index (χ4n) is 1.15. The minimum Gasteiger partial charge on any atom is -0.478 e. The first-order valence-corrected chi connectivity index (χ1v) is 4.45. The van der Waals surface area contributed by atoms with Crippen LogP contribution < -0.4 is 5.32 Å². The highest BCUT2D eigenvalue weighted by Crippen LogP contribution is 2.04. The number of rotatable bonds is 4. The summed E-state index contributed by atoms with van der Waals surface area (Å²) < 4.78 is 1.23. The van der Waals surface area contributed by atoms with Gasteiger partial charge in [0, 0.05) is 6.20 Å². The van der Waals surface area contributed by atoms with Gasteiger partial charge >= 0.3 is 5.97 Å². The van der Waals surface area contributed by atoms with Gasteiger partial charge in [-0.1, -0.05) is 0 Å². The zero-order valence-electron chi connectivity index (χ0n) is 8.60. The zero-order chi connectivity index (χ0) is 12.1. The number of aryl methyl sites for hydroxylation is 1. The van der Waals surface area contributed by atoms with E-state index in [-0.39, 0.29) is 24.6 Å². The Labute approximate surface area is 91.3 Å². The molecule has 0 saturated carbocycles. The van der Waals surface area contributed by atoms with Crippen LogP contribution in [0.5, 0.6) is 0 Å². The van der Waals surface area contributed by atoms with Gasteiger partial charge in [-0.15, -0.1) is 0 Å². The predicted octanol–water partition coefficient (Wildman–Crippen LogP) is -0.470. The van der Waals surface area contributed by atoms with Gasteiger partial charge in [-0.3, -0.25) is 9.48 Å². The second-order valence-electron chi connectivity index (χ2n) is 3.07. The summed E-state index contributed by atoms with van der Waals surface area (Å²) in [5, 5.41) is 23.2. The van der Waals surface area contributed by atoms with Crippen LogP contribution >= 0.6 is 0 Å². The highest BCUT2D eigenvalue weighted by Gasteiger charge is 2.12. The highest BCUT2D eigenvalue weighted by atomic mass is 16.4. The first-order chi connectivity index (χ1) is 7.54. The standard InChI is InChI=1S/C9H10N4O3/c1-6-7(9(15)16)4-13(12-6)5-8(14)11-3-2-10/h4H,3,5H2,1H3,(H,11,14)(H,15,16). The quantitative estimate of drug-likeness (QED) is 0.669. The van der Waals surface area contributed by atoms with E-state index in [4.69, 9.17) is 10.4 Å². The van der Waals surface area contributed by atoms with Crippen molar-refractivity contribution in [3.05, 3.63) is 17.5 Å². The lowest BCUT2D eigenvalue weighted by Crippen LogP contribution is -2.27. The molecule has 7 heteroatoms. The van der Waals surface area contributed by atoms with Gasteiger partial charge in [-0.2, -0.15) is 10.4 Å². The number of aromatic nitrogens is 2. The van der Waals surface area contributed by atoms with Crippen LogP contribution in [0.2, 0.25) is 0 Å². The number of nitrogens with one attached hydrogen (secondary N) is 1. The van der Waals surface area contributed by atoms with Crippen molar-refractivity contribution < 1.29 is 14.7 Å². The molecule has 1 aromatic heterocycles. The van der Waals surface area contributed by atoms with E-state index in [1.165, 1.54) is 10.9 Å². The van der Waals surface area contributed by atoms with Crippen LogP contribution in [-0.2, 0) is 11.3 Å². The molecule has 0 atom stereocenters. The molecule has 1 rings (SSSR count). The number of carboxylic acid groups (broad SMARTS) is 1. The molecule has 0 spiro atoms. The minimum absolute atomic E-state index is 0.0630. The third kappa shape index (κ3) is 2.81. The molecule has 0 aliphatic heterocycles. The van der Waals surface area contributed by atoms with Gasteiger partial charge in [0.1, 0.15) is 18.7 Å². The molecule has 16 heavy (non-hydrogen) atoms. The summed E-state index contributed by atoms with van der Waals surface area (Å²) in [6.07, 6.45) is 1.28. The third-order valence-corrected chi connectivity index (χ3v) is 1.85. The summed E-state index contributed by atoms with van der Waals surface area (Å²) in [5.41, 5.74) is 0.411. The number of aromatic carboxylic acids is 1. The van der Waals surface area contributed by atoms with E-state index in [0.29, 0.717) is 5.69 Å². The minimum atomic E-state index is -1.08. The van der Waals surface area contributed by atoms with Crippen molar-refractivity contribution in [2.45, 2.75) is 13.5 Å². The van der Waals surface area contributed by atoms with E-state index in [0.717, 1.165) is 0 Å². The Kier molecular flexibility index (Phi) is 3.61. The topological polar surface area (TPSA) is 108 Å². The molecule has 7 nitrogen and oxygen atoms in total. The molecule has 2 N–H and O–H groups in total. The average Bonchev–Trinajstić information content (AvgIpc) is 2.56. The van der Waals surface area contributed by atoms with Crippen molar-refractivity contribution in [3.8, 4) is 6.07 Å². The van der Waals surface area contributed by atoms with Crippen molar-refractivity contribution in [1.82, 2.24) is 15.1 Å². The van der Waals surface area contributed by atoms with Gasteiger partial charge in [0.25, 0.3) is 0 Å². The summed E-state index contributed by atoms with van der Waals surface area (Å²) in [6.45, 7) is 1.37. The Bertz CT molecular complexity index is 458. The average molecular weight is 222 g/mol. The second kappa shape index (κ2) is 4.93. The third-order valence-electron chi connectivity index (χ3n) is 1.85. The highest BCUT2D eigenvalue weighted by molar-refractivity contribution is 5.88. The van der Waals surface area contributed by atoms with Gasteiger partial charge < -0.3 is 10.4 Å². The van der Waals surface area contributed by atoms with Crippen LogP contribution in [0.4, 0.5) is 0 Å². The predicted molar refractivity (Wildman–Crippen MR) is 52.5 cm³/mol. The van der Waals surface area contributed by atoms with Gasteiger partial charge in [0.2, 0.25) is 5.91 Å². The van der Waals surface area contributed by atoms with Crippen molar-refractivity contribution in [2.75, 3.05) is 6.54 Å². The zero-order valence-corrected chi connectivity index (χ0v) is 8.60. The lowest BCUT2D eigenvalue weighted by Gasteiger charge is -2.00. The molecular weight excluding hydrogens is 212 g/mol. The maximum atomic E-state index is 11.2. The molecule has 1 aromatic rings. The first kappa shape index (κ1) is 11.7. The van der Waals surface area contributed by atoms with E-state index in [1.807, 2.05) is 0 Å². The smallest absolute Gasteiger partial charge is 0.339 e. The van der Waals surface area contributed by atoms with Crippen molar-refractivity contribution in [1.29, 1.82) is 5.26 Å². The fourth-order valence-corrected chi connectivity index (χ4v) is 1.15. The van der Waals surface area contributed by atoms with E-state index in [2.05, 4.69) is 10.4 Å². The molecule has 0 aromatic carbocycles. The van der Waals surface area contributed by atoms with Crippen molar-refractivity contribution in [2.24, 2.45) is 0 Å². The Hall–Kier alpha value is -2.36. The number of carboxylic acids is 1. The monoisotopic (exact) mass is 222 g/mol. The molecule has 1 amide bonds. The molecular formula is C9H10N4O3. The largest absolute Gasteiger partial charge is 0.478 e. The number of nitriles is 1. The summed E-state index contributed by atoms with van der Waals surface area (Å²) in [7, 11) is 0. The Morgan fingerprint density at radius 2 is 2.38 bits per heavy atom. The normalized spacial score (nSPS) is 9.50. The van der Waals surface area contributed by atoms with Crippen LogP contribution in [0.15, 0.2) is 6.20 Å². The molecule has 0 bridgehead atoms. The number of nitrogens with zero attached hydrogens (tertiary/aromatic N) is 3. The lowest BCUT2D eigenvalue weighted by molar-refractivity contribution is -0.121. The van der Waals surface area contributed by atoms with Gasteiger partial charge in [0.15, 0.2) is 0 Å². The molecule has 0 aliphatic rings. The van der Waals surface area contributed by atoms with Crippen LogP contribution in [0.1, 0.15) is 16.1 Å². The molecule has 0 radical (unpaired) electrons. The van der Waals surface area contributed by atoms with Crippen LogP contribution in [0.3, 0.4) is 0 Å². The Morgan fingerprint density at radius 1 is 1.69 bits per heavy atom. The molecule has 0 saturated heterocycles. The van der Waals surface area contributed by atoms with Gasteiger partial charge in [0.05, 0.1) is 11.8 Å². The van der Waals surface area contributed by atoms with E-state index >= 15 is 0 Å². The maximum Gasteiger partial charge on any atom is 0.339 e. The summed E-state index contributed by atoms with van der Waals surface area (Å²) in [5.74, 6) is -1.47. The molecule has 0 fully saturated rings. The molecule has 0 unspecified atom stereocenters. The van der Waals surface area contributed by atoms with E-state index in [1.54, 1.807) is 13.0 Å². The summed E-state index contributed by atoms with van der Waals surface area (Å²) in [4.78, 5) is 21.9. The first-order valence-electron chi connectivity index (χ1n) is 4.45. The fraction of sp³-hybridized carbons (Fsp3) is 0.333. The van der Waals surface area contributed by atoms with Crippen LogP contribution in [-0.4, -0.2) is 33.3 Å².